The first-order chi connectivity index (χ1) is 9.22. The summed E-state index contributed by atoms with van der Waals surface area (Å²) in [6.07, 6.45) is 8.50. The Morgan fingerprint density at radius 1 is 1.42 bits per heavy atom. The van der Waals surface area contributed by atoms with Crippen molar-refractivity contribution in [1.29, 1.82) is 0 Å². The molecule has 2 rings (SSSR count). The molecule has 0 saturated carbocycles. The van der Waals surface area contributed by atoms with Crippen LogP contribution in [0.1, 0.15) is 57.6 Å². The Morgan fingerprint density at radius 2 is 2.26 bits per heavy atom. The van der Waals surface area contributed by atoms with E-state index in [1.54, 1.807) is 0 Å². The second kappa shape index (κ2) is 6.90. The highest BCUT2D eigenvalue weighted by Crippen LogP contribution is 2.28. The van der Waals surface area contributed by atoms with Gasteiger partial charge >= 0.3 is 0 Å². The maximum atomic E-state index is 6.07. The fourth-order valence-corrected chi connectivity index (χ4v) is 3.10. The van der Waals surface area contributed by atoms with Gasteiger partial charge in [-0.15, -0.1) is 0 Å². The van der Waals surface area contributed by atoms with Crippen LogP contribution in [0, 0.1) is 5.92 Å². The van der Waals surface area contributed by atoms with Gasteiger partial charge in [0, 0.05) is 30.9 Å². The zero-order valence-corrected chi connectivity index (χ0v) is 12.3. The van der Waals surface area contributed by atoms with Crippen LogP contribution in [-0.2, 0) is 0 Å². The molecular weight excluding hydrogens is 234 g/mol. The summed E-state index contributed by atoms with van der Waals surface area (Å²) in [6, 6.07) is 4.15. The van der Waals surface area contributed by atoms with Crippen LogP contribution in [0.25, 0.3) is 0 Å². The van der Waals surface area contributed by atoms with Gasteiger partial charge in [-0.3, -0.25) is 0 Å². The SMILES string of the molecule is CCCC1CCCN(c2ncccc2C(C)N)CC1. The maximum Gasteiger partial charge on any atom is 0.133 e. The van der Waals surface area contributed by atoms with Gasteiger partial charge in [0.2, 0.25) is 0 Å². The predicted molar refractivity (Wildman–Crippen MR) is 81.3 cm³/mol. The van der Waals surface area contributed by atoms with Crippen LogP contribution in [0.5, 0.6) is 0 Å². The van der Waals surface area contributed by atoms with Gasteiger partial charge in [-0.25, -0.2) is 4.98 Å². The Balaban J connectivity index is 2.10. The number of pyridine rings is 1. The van der Waals surface area contributed by atoms with Crippen molar-refractivity contribution in [3.8, 4) is 0 Å². The van der Waals surface area contributed by atoms with E-state index in [4.69, 9.17) is 5.73 Å². The first-order valence-corrected chi connectivity index (χ1v) is 7.67. The van der Waals surface area contributed by atoms with Crippen molar-refractivity contribution in [2.75, 3.05) is 18.0 Å². The standard InChI is InChI=1S/C16H27N3/c1-3-6-14-7-5-11-19(12-9-14)16-15(13(2)17)8-4-10-18-16/h4,8,10,13-14H,3,5-7,9,11-12,17H2,1-2H3. The molecule has 1 fully saturated rings. The van der Waals surface area contributed by atoms with Crippen LogP contribution in [0.2, 0.25) is 0 Å². The minimum Gasteiger partial charge on any atom is -0.356 e. The number of hydrogen-bond donors (Lipinski definition) is 1. The number of nitrogens with two attached hydrogens (primary N) is 1. The van der Waals surface area contributed by atoms with Gasteiger partial charge in [0.05, 0.1) is 0 Å². The molecule has 0 aromatic carbocycles. The third-order valence-electron chi connectivity index (χ3n) is 4.15. The molecule has 19 heavy (non-hydrogen) atoms. The molecule has 2 N–H and O–H groups in total. The van der Waals surface area contributed by atoms with Crippen LogP contribution >= 0.6 is 0 Å². The van der Waals surface area contributed by atoms with Gasteiger partial charge in [-0.05, 0) is 38.2 Å². The second-order valence-electron chi connectivity index (χ2n) is 5.78. The van der Waals surface area contributed by atoms with Gasteiger partial charge in [0.15, 0.2) is 0 Å². The van der Waals surface area contributed by atoms with Gasteiger partial charge in [0.1, 0.15) is 5.82 Å². The molecule has 3 nitrogen and oxygen atoms in total. The van der Waals surface area contributed by atoms with Crippen molar-refractivity contribution in [2.24, 2.45) is 11.7 Å². The van der Waals surface area contributed by atoms with Crippen molar-refractivity contribution in [3.63, 3.8) is 0 Å². The molecular formula is C16H27N3. The number of nitrogens with zero attached hydrogens (tertiary/aromatic N) is 2. The summed E-state index contributed by atoms with van der Waals surface area (Å²) in [7, 11) is 0. The molecule has 2 unspecified atom stereocenters. The van der Waals surface area contributed by atoms with Crippen LogP contribution in [0.3, 0.4) is 0 Å². The Morgan fingerprint density at radius 3 is 3.00 bits per heavy atom. The molecule has 1 aliphatic rings. The van der Waals surface area contributed by atoms with Crippen molar-refractivity contribution in [3.05, 3.63) is 23.9 Å². The fraction of sp³-hybridized carbons (Fsp3) is 0.688. The van der Waals surface area contributed by atoms with E-state index in [-0.39, 0.29) is 6.04 Å². The van der Waals surface area contributed by atoms with E-state index in [0.717, 1.165) is 24.8 Å². The lowest BCUT2D eigenvalue weighted by Crippen LogP contribution is -2.27. The molecule has 0 amide bonds. The Labute approximate surface area is 117 Å². The number of aromatic nitrogens is 1. The van der Waals surface area contributed by atoms with Crippen molar-refractivity contribution in [2.45, 2.75) is 52.0 Å². The second-order valence-corrected chi connectivity index (χ2v) is 5.78. The molecule has 106 valence electrons. The summed E-state index contributed by atoms with van der Waals surface area (Å²) in [5.41, 5.74) is 7.25. The molecule has 2 atom stereocenters. The molecule has 0 bridgehead atoms. The molecule has 1 aliphatic heterocycles. The third kappa shape index (κ3) is 3.69. The summed E-state index contributed by atoms with van der Waals surface area (Å²) in [4.78, 5) is 7.02. The highest BCUT2D eigenvalue weighted by atomic mass is 15.2. The van der Waals surface area contributed by atoms with Gasteiger partial charge in [0.25, 0.3) is 0 Å². The highest BCUT2D eigenvalue weighted by Gasteiger charge is 2.20. The topological polar surface area (TPSA) is 42.2 Å². The van der Waals surface area contributed by atoms with E-state index in [1.165, 1.54) is 37.7 Å². The maximum absolute atomic E-state index is 6.07. The van der Waals surface area contributed by atoms with Crippen molar-refractivity contribution in [1.82, 2.24) is 4.98 Å². The molecule has 0 radical (unpaired) electrons. The lowest BCUT2D eigenvalue weighted by molar-refractivity contribution is 0.435. The van der Waals surface area contributed by atoms with Crippen LogP contribution < -0.4 is 10.6 Å². The minimum atomic E-state index is 0.0541. The molecule has 0 spiro atoms. The lowest BCUT2D eigenvalue weighted by atomic mass is 9.96. The van der Waals surface area contributed by atoms with Crippen LogP contribution in [0.4, 0.5) is 5.82 Å². The summed E-state index contributed by atoms with van der Waals surface area (Å²) in [5, 5.41) is 0. The van der Waals surface area contributed by atoms with Crippen LogP contribution in [0.15, 0.2) is 18.3 Å². The largest absolute Gasteiger partial charge is 0.356 e. The Hall–Kier alpha value is -1.09. The summed E-state index contributed by atoms with van der Waals surface area (Å²) >= 11 is 0. The normalized spacial score (nSPS) is 22.1. The van der Waals surface area contributed by atoms with E-state index in [9.17, 15) is 0 Å². The van der Waals surface area contributed by atoms with E-state index in [2.05, 4.69) is 22.9 Å². The quantitative estimate of drug-likeness (QED) is 0.902. The summed E-state index contributed by atoms with van der Waals surface area (Å²) in [6.45, 7) is 6.58. The monoisotopic (exact) mass is 261 g/mol. The Bertz CT molecular complexity index is 389. The number of hydrogen-bond acceptors (Lipinski definition) is 3. The molecule has 1 aromatic rings. The third-order valence-corrected chi connectivity index (χ3v) is 4.15. The summed E-state index contributed by atoms with van der Waals surface area (Å²) < 4.78 is 0. The Kier molecular flexibility index (Phi) is 5.20. The van der Waals surface area contributed by atoms with E-state index in [0.29, 0.717) is 0 Å². The van der Waals surface area contributed by atoms with Crippen molar-refractivity contribution < 1.29 is 0 Å². The minimum absolute atomic E-state index is 0.0541. The van der Waals surface area contributed by atoms with Gasteiger partial charge in [-0.1, -0.05) is 25.8 Å². The van der Waals surface area contributed by atoms with E-state index >= 15 is 0 Å². The van der Waals surface area contributed by atoms with E-state index < -0.39 is 0 Å². The van der Waals surface area contributed by atoms with Gasteiger partial charge in [-0.2, -0.15) is 0 Å². The highest BCUT2D eigenvalue weighted by molar-refractivity contribution is 5.48. The van der Waals surface area contributed by atoms with Crippen LogP contribution in [-0.4, -0.2) is 18.1 Å². The van der Waals surface area contributed by atoms with Crippen molar-refractivity contribution >= 4 is 5.82 Å². The number of rotatable bonds is 4. The number of anilines is 1. The predicted octanol–water partition coefficient (Wildman–Crippen LogP) is 3.51. The first kappa shape index (κ1) is 14.3. The van der Waals surface area contributed by atoms with E-state index in [1.807, 2.05) is 19.2 Å². The zero-order chi connectivity index (χ0) is 13.7. The molecule has 3 heteroatoms. The smallest absolute Gasteiger partial charge is 0.133 e. The van der Waals surface area contributed by atoms with Gasteiger partial charge < -0.3 is 10.6 Å². The fourth-order valence-electron chi connectivity index (χ4n) is 3.10. The molecule has 2 heterocycles. The summed E-state index contributed by atoms with van der Waals surface area (Å²) in [5.74, 6) is 2.01. The first-order valence-electron chi connectivity index (χ1n) is 7.67. The molecule has 1 saturated heterocycles. The average Bonchev–Trinajstić information content (AvgIpc) is 2.65. The zero-order valence-electron chi connectivity index (χ0n) is 12.3. The average molecular weight is 261 g/mol. The molecule has 0 aliphatic carbocycles. The lowest BCUT2D eigenvalue weighted by Gasteiger charge is -2.25. The molecule has 1 aromatic heterocycles.